The van der Waals surface area contributed by atoms with Gasteiger partial charge in [-0.3, -0.25) is 9.59 Å². The highest BCUT2D eigenvalue weighted by Crippen LogP contribution is 2.24. The highest BCUT2D eigenvalue weighted by atomic mass is 16.5. The molecule has 2 aromatic carbocycles. The summed E-state index contributed by atoms with van der Waals surface area (Å²) in [7, 11) is 1.23. The second kappa shape index (κ2) is 8.63. The van der Waals surface area contributed by atoms with Gasteiger partial charge in [0.2, 0.25) is 5.91 Å². The standard InChI is InChI=1S/C19H19NO5/c1-13(21)25-17-10-9-15(12-16(17)19(23)24-2)20-18(22)11-8-14-6-4-3-5-7-14/h3-7,9-10,12H,8,11H2,1-2H3,(H,20,22). The summed E-state index contributed by atoms with van der Waals surface area (Å²) in [4.78, 5) is 35.0. The van der Waals surface area contributed by atoms with E-state index in [1.165, 1.54) is 26.2 Å². The molecular formula is C19H19NO5. The summed E-state index contributed by atoms with van der Waals surface area (Å²) in [5.74, 6) is -1.30. The molecule has 1 N–H and O–H groups in total. The van der Waals surface area contributed by atoms with Gasteiger partial charge >= 0.3 is 11.9 Å². The molecule has 0 fully saturated rings. The molecule has 0 aliphatic rings. The number of carbonyl (C=O) groups excluding carboxylic acids is 3. The minimum absolute atomic E-state index is 0.0681. The summed E-state index contributed by atoms with van der Waals surface area (Å²) in [6.45, 7) is 1.24. The maximum atomic E-state index is 12.1. The maximum Gasteiger partial charge on any atom is 0.341 e. The molecule has 0 aromatic heterocycles. The third kappa shape index (κ3) is 5.46. The number of aryl methyl sites for hydroxylation is 1. The summed E-state index contributed by atoms with van der Waals surface area (Å²) >= 11 is 0. The van der Waals surface area contributed by atoms with Crippen molar-refractivity contribution in [2.45, 2.75) is 19.8 Å². The molecule has 0 aliphatic carbocycles. The molecule has 2 aromatic rings. The van der Waals surface area contributed by atoms with Crippen molar-refractivity contribution >= 4 is 23.5 Å². The van der Waals surface area contributed by atoms with Gasteiger partial charge in [0.1, 0.15) is 11.3 Å². The van der Waals surface area contributed by atoms with E-state index in [1.807, 2.05) is 30.3 Å². The molecular weight excluding hydrogens is 322 g/mol. The number of methoxy groups -OCH3 is 1. The van der Waals surface area contributed by atoms with Crippen LogP contribution in [-0.2, 0) is 20.7 Å². The van der Waals surface area contributed by atoms with Gasteiger partial charge in [-0.2, -0.15) is 0 Å². The molecule has 130 valence electrons. The zero-order valence-corrected chi connectivity index (χ0v) is 14.1. The van der Waals surface area contributed by atoms with E-state index in [2.05, 4.69) is 10.1 Å². The molecule has 0 spiro atoms. The second-order valence-electron chi connectivity index (χ2n) is 5.33. The monoisotopic (exact) mass is 341 g/mol. The van der Waals surface area contributed by atoms with Crippen LogP contribution in [0.25, 0.3) is 0 Å². The molecule has 0 radical (unpaired) electrons. The third-order valence-electron chi connectivity index (χ3n) is 3.41. The van der Waals surface area contributed by atoms with Gasteiger partial charge in [-0.15, -0.1) is 0 Å². The molecule has 25 heavy (non-hydrogen) atoms. The molecule has 0 unspecified atom stereocenters. The largest absolute Gasteiger partial charge is 0.465 e. The van der Waals surface area contributed by atoms with E-state index in [-0.39, 0.29) is 17.2 Å². The van der Waals surface area contributed by atoms with Crippen LogP contribution in [0.15, 0.2) is 48.5 Å². The lowest BCUT2D eigenvalue weighted by Crippen LogP contribution is -2.14. The van der Waals surface area contributed by atoms with Gasteiger partial charge in [0.15, 0.2) is 0 Å². The van der Waals surface area contributed by atoms with E-state index in [0.717, 1.165) is 5.56 Å². The zero-order valence-electron chi connectivity index (χ0n) is 14.1. The fourth-order valence-electron chi connectivity index (χ4n) is 2.25. The normalized spacial score (nSPS) is 10.0. The van der Waals surface area contributed by atoms with Crippen LogP contribution in [0, 0.1) is 0 Å². The molecule has 0 saturated heterocycles. The summed E-state index contributed by atoms with van der Waals surface area (Å²) in [5.41, 5.74) is 1.56. The Kier molecular flexibility index (Phi) is 6.28. The van der Waals surface area contributed by atoms with Crippen molar-refractivity contribution in [2.24, 2.45) is 0 Å². The van der Waals surface area contributed by atoms with Crippen LogP contribution in [0.3, 0.4) is 0 Å². The molecule has 0 atom stereocenters. The summed E-state index contributed by atoms with van der Waals surface area (Å²) in [5, 5.41) is 2.72. The molecule has 1 amide bonds. The Labute approximate surface area is 145 Å². The van der Waals surface area contributed by atoms with Gasteiger partial charge in [0, 0.05) is 19.0 Å². The average Bonchev–Trinajstić information content (AvgIpc) is 2.61. The lowest BCUT2D eigenvalue weighted by atomic mass is 10.1. The van der Waals surface area contributed by atoms with Gasteiger partial charge in [0.25, 0.3) is 0 Å². The summed E-state index contributed by atoms with van der Waals surface area (Å²) < 4.78 is 9.66. The predicted octanol–water partition coefficient (Wildman–Crippen LogP) is 2.97. The van der Waals surface area contributed by atoms with E-state index in [4.69, 9.17) is 4.74 Å². The van der Waals surface area contributed by atoms with Crippen molar-refractivity contribution < 1.29 is 23.9 Å². The van der Waals surface area contributed by atoms with Crippen LogP contribution < -0.4 is 10.1 Å². The number of benzene rings is 2. The van der Waals surface area contributed by atoms with Crippen molar-refractivity contribution in [3.8, 4) is 5.75 Å². The Balaban J connectivity index is 2.07. The maximum absolute atomic E-state index is 12.1. The Morgan fingerprint density at radius 3 is 2.40 bits per heavy atom. The molecule has 6 heteroatoms. The average molecular weight is 341 g/mol. The number of rotatable bonds is 6. The van der Waals surface area contributed by atoms with Crippen molar-refractivity contribution in [1.82, 2.24) is 0 Å². The van der Waals surface area contributed by atoms with Crippen molar-refractivity contribution in [3.63, 3.8) is 0 Å². The lowest BCUT2D eigenvalue weighted by molar-refractivity contribution is -0.131. The van der Waals surface area contributed by atoms with Crippen LogP contribution in [0.1, 0.15) is 29.3 Å². The van der Waals surface area contributed by atoms with E-state index >= 15 is 0 Å². The molecule has 2 rings (SSSR count). The van der Waals surface area contributed by atoms with Crippen LogP contribution in [0.4, 0.5) is 5.69 Å². The molecule has 0 saturated carbocycles. The quantitative estimate of drug-likeness (QED) is 0.645. The lowest BCUT2D eigenvalue weighted by Gasteiger charge is -2.11. The van der Waals surface area contributed by atoms with E-state index < -0.39 is 11.9 Å². The Morgan fingerprint density at radius 1 is 1.04 bits per heavy atom. The van der Waals surface area contributed by atoms with Crippen molar-refractivity contribution in [2.75, 3.05) is 12.4 Å². The number of carbonyl (C=O) groups is 3. The van der Waals surface area contributed by atoms with Gasteiger partial charge in [0.05, 0.1) is 7.11 Å². The Hall–Kier alpha value is -3.15. The Bertz CT molecular complexity index is 771. The Morgan fingerprint density at radius 2 is 1.76 bits per heavy atom. The van der Waals surface area contributed by atoms with E-state index in [9.17, 15) is 14.4 Å². The van der Waals surface area contributed by atoms with Crippen molar-refractivity contribution in [1.29, 1.82) is 0 Å². The van der Waals surface area contributed by atoms with Gasteiger partial charge in [-0.25, -0.2) is 4.79 Å². The SMILES string of the molecule is COC(=O)c1cc(NC(=O)CCc2ccccc2)ccc1OC(C)=O. The molecule has 0 bridgehead atoms. The zero-order chi connectivity index (χ0) is 18.2. The first-order valence-corrected chi connectivity index (χ1v) is 7.74. The number of anilines is 1. The first-order valence-electron chi connectivity index (χ1n) is 7.74. The first kappa shape index (κ1) is 18.2. The minimum Gasteiger partial charge on any atom is -0.465 e. The van der Waals surface area contributed by atoms with Crippen molar-refractivity contribution in [3.05, 3.63) is 59.7 Å². The smallest absolute Gasteiger partial charge is 0.341 e. The van der Waals surface area contributed by atoms with Crippen LogP contribution in [0.2, 0.25) is 0 Å². The molecule has 6 nitrogen and oxygen atoms in total. The van der Waals surface area contributed by atoms with E-state index in [0.29, 0.717) is 18.5 Å². The second-order valence-corrected chi connectivity index (χ2v) is 5.33. The van der Waals surface area contributed by atoms with Gasteiger partial charge < -0.3 is 14.8 Å². The van der Waals surface area contributed by atoms with Crippen LogP contribution in [0.5, 0.6) is 5.75 Å². The number of ether oxygens (including phenoxy) is 2. The number of amides is 1. The van der Waals surface area contributed by atoms with Gasteiger partial charge in [-0.05, 0) is 30.2 Å². The van der Waals surface area contributed by atoms with E-state index in [1.54, 1.807) is 6.07 Å². The predicted molar refractivity (Wildman–Crippen MR) is 92.5 cm³/mol. The third-order valence-corrected chi connectivity index (χ3v) is 3.41. The highest BCUT2D eigenvalue weighted by molar-refractivity contribution is 5.97. The topological polar surface area (TPSA) is 81.7 Å². The number of hydrogen-bond donors (Lipinski definition) is 1. The fraction of sp³-hybridized carbons (Fsp3) is 0.211. The molecule has 0 heterocycles. The first-order chi connectivity index (χ1) is 12.0. The molecule has 0 aliphatic heterocycles. The minimum atomic E-state index is -0.656. The summed E-state index contributed by atoms with van der Waals surface area (Å²) in [6, 6.07) is 14.1. The van der Waals surface area contributed by atoms with Crippen LogP contribution >= 0.6 is 0 Å². The number of esters is 2. The summed E-state index contributed by atoms with van der Waals surface area (Å²) in [6.07, 6.45) is 0.922. The fourth-order valence-corrected chi connectivity index (χ4v) is 2.25. The number of nitrogens with one attached hydrogen (secondary N) is 1. The van der Waals surface area contributed by atoms with Gasteiger partial charge in [-0.1, -0.05) is 30.3 Å². The highest BCUT2D eigenvalue weighted by Gasteiger charge is 2.16. The number of hydrogen-bond acceptors (Lipinski definition) is 5. The van der Waals surface area contributed by atoms with Crippen LogP contribution in [-0.4, -0.2) is 25.0 Å².